The maximum absolute atomic E-state index is 12.4. The van der Waals surface area contributed by atoms with Crippen molar-refractivity contribution in [3.8, 4) is 0 Å². The Kier molecular flexibility index (Phi) is 4.25. The van der Waals surface area contributed by atoms with Gasteiger partial charge in [-0.3, -0.25) is 19.7 Å². The Morgan fingerprint density at radius 2 is 2.00 bits per heavy atom. The van der Waals surface area contributed by atoms with Gasteiger partial charge in [-0.15, -0.1) is 0 Å². The number of hydrogen-bond acceptors (Lipinski definition) is 3. The fraction of sp³-hybridized carbons (Fsp3) is 0.357. The lowest BCUT2D eigenvalue weighted by molar-refractivity contribution is -0.155. The third-order valence-corrected chi connectivity index (χ3v) is 4.03. The van der Waals surface area contributed by atoms with Gasteiger partial charge in [-0.1, -0.05) is 29.3 Å². The van der Waals surface area contributed by atoms with Crippen LogP contribution in [0.5, 0.6) is 0 Å². The van der Waals surface area contributed by atoms with Crippen molar-refractivity contribution in [3.63, 3.8) is 0 Å². The number of halogens is 2. The number of carbonyl (C=O) groups excluding carboxylic acids is 3. The van der Waals surface area contributed by atoms with E-state index in [1.54, 1.807) is 32.0 Å². The van der Waals surface area contributed by atoms with Gasteiger partial charge >= 0.3 is 0 Å². The van der Waals surface area contributed by atoms with E-state index >= 15 is 0 Å². The molecule has 3 amide bonds. The normalized spacial score (nSPS) is 17.6. The fourth-order valence-corrected chi connectivity index (χ4v) is 2.58. The molecule has 1 heterocycles. The molecule has 0 aliphatic carbocycles. The summed E-state index contributed by atoms with van der Waals surface area (Å²) in [6.07, 6.45) is -0.00000772. The first-order chi connectivity index (χ1) is 9.71. The van der Waals surface area contributed by atoms with Crippen molar-refractivity contribution in [2.24, 2.45) is 0 Å². The van der Waals surface area contributed by atoms with Crippen LogP contribution in [0.3, 0.4) is 0 Å². The monoisotopic (exact) mass is 328 g/mol. The third kappa shape index (κ3) is 3.19. The second-order valence-corrected chi connectivity index (χ2v) is 6.17. The summed E-state index contributed by atoms with van der Waals surface area (Å²) >= 11 is 11.8. The fourth-order valence-electron chi connectivity index (χ4n) is 2.11. The van der Waals surface area contributed by atoms with E-state index in [1.807, 2.05) is 0 Å². The molecule has 1 aliphatic rings. The van der Waals surface area contributed by atoms with Crippen LogP contribution in [-0.2, 0) is 20.8 Å². The van der Waals surface area contributed by atoms with Crippen LogP contribution in [0.1, 0.15) is 19.4 Å². The smallest absolute Gasteiger partial charge is 0.252 e. The molecule has 5 nitrogen and oxygen atoms in total. The van der Waals surface area contributed by atoms with E-state index in [1.165, 1.54) is 4.90 Å². The molecule has 1 saturated heterocycles. The van der Waals surface area contributed by atoms with Gasteiger partial charge in [0.2, 0.25) is 11.8 Å². The number of imide groups is 1. The Morgan fingerprint density at radius 3 is 2.62 bits per heavy atom. The summed E-state index contributed by atoms with van der Waals surface area (Å²) < 4.78 is 0. The maximum Gasteiger partial charge on any atom is 0.252 e. The largest absolute Gasteiger partial charge is 0.319 e. The molecular weight excluding hydrogens is 315 g/mol. The second-order valence-electron chi connectivity index (χ2n) is 5.33. The van der Waals surface area contributed by atoms with E-state index < -0.39 is 17.4 Å². The number of benzene rings is 1. The Morgan fingerprint density at radius 1 is 1.33 bits per heavy atom. The van der Waals surface area contributed by atoms with Crippen LogP contribution < -0.4 is 5.32 Å². The highest BCUT2D eigenvalue weighted by atomic mass is 35.5. The minimum absolute atomic E-state index is 0.00000772. The van der Waals surface area contributed by atoms with Gasteiger partial charge in [0.15, 0.2) is 0 Å². The van der Waals surface area contributed by atoms with Crippen molar-refractivity contribution in [1.29, 1.82) is 0 Å². The molecule has 0 radical (unpaired) electrons. The number of nitrogens with one attached hydrogen (secondary N) is 1. The zero-order valence-electron chi connectivity index (χ0n) is 11.6. The number of rotatable bonds is 2. The van der Waals surface area contributed by atoms with Gasteiger partial charge < -0.3 is 4.90 Å². The molecule has 1 fully saturated rings. The van der Waals surface area contributed by atoms with Crippen LogP contribution in [0, 0.1) is 0 Å². The standard InChI is InChI=1S/C14H14Cl2N2O3/c1-14(2)13(21)17-11(19)7-18(14)12(20)5-8-3-4-9(15)6-10(8)16/h3-4,6H,5,7H2,1-2H3,(H,17,19,21). The lowest BCUT2D eigenvalue weighted by Crippen LogP contribution is -2.65. The first-order valence-corrected chi connectivity index (χ1v) is 7.06. The van der Waals surface area contributed by atoms with Crippen molar-refractivity contribution in [1.82, 2.24) is 10.2 Å². The molecule has 7 heteroatoms. The van der Waals surface area contributed by atoms with Gasteiger partial charge in [-0.2, -0.15) is 0 Å². The SMILES string of the molecule is CC1(C)C(=O)NC(=O)CN1C(=O)Cc1ccc(Cl)cc1Cl. The van der Waals surface area contributed by atoms with Crippen LogP contribution in [0.25, 0.3) is 0 Å². The summed E-state index contributed by atoms with van der Waals surface area (Å²) in [7, 11) is 0. The molecule has 0 unspecified atom stereocenters. The van der Waals surface area contributed by atoms with Gasteiger partial charge in [0.05, 0.1) is 6.42 Å². The van der Waals surface area contributed by atoms with Gasteiger partial charge in [-0.25, -0.2) is 0 Å². The molecule has 1 N–H and O–H groups in total. The van der Waals surface area contributed by atoms with Crippen LogP contribution >= 0.6 is 23.2 Å². The van der Waals surface area contributed by atoms with E-state index in [4.69, 9.17) is 23.2 Å². The summed E-state index contributed by atoms with van der Waals surface area (Å²) in [6, 6.07) is 4.83. The molecule has 2 rings (SSSR count). The Labute approximate surface area is 132 Å². The maximum atomic E-state index is 12.4. The van der Waals surface area contributed by atoms with Crippen molar-refractivity contribution >= 4 is 40.9 Å². The molecule has 0 atom stereocenters. The van der Waals surface area contributed by atoms with Crippen molar-refractivity contribution in [2.75, 3.05) is 6.54 Å². The summed E-state index contributed by atoms with van der Waals surface area (Å²) in [6.45, 7) is 3.04. The van der Waals surface area contributed by atoms with Crippen LogP contribution in [0.4, 0.5) is 0 Å². The first kappa shape index (κ1) is 15.8. The molecular formula is C14H14Cl2N2O3. The minimum atomic E-state index is -1.08. The first-order valence-electron chi connectivity index (χ1n) is 6.30. The molecule has 0 saturated carbocycles. The quantitative estimate of drug-likeness (QED) is 0.842. The van der Waals surface area contributed by atoms with Crippen LogP contribution in [0.2, 0.25) is 10.0 Å². The van der Waals surface area contributed by atoms with Crippen molar-refractivity contribution < 1.29 is 14.4 Å². The molecule has 112 valence electrons. The Balaban J connectivity index is 2.22. The molecule has 0 aromatic heterocycles. The number of nitrogens with zero attached hydrogens (tertiary/aromatic N) is 1. The third-order valence-electron chi connectivity index (χ3n) is 3.44. The average molecular weight is 329 g/mol. The van der Waals surface area contributed by atoms with Gasteiger partial charge in [0.25, 0.3) is 5.91 Å². The lowest BCUT2D eigenvalue weighted by Gasteiger charge is -2.40. The molecule has 0 bridgehead atoms. The van der Waals surface area contributed by atoms with E-state index in [-0.39, 0.29) is 18.9 Å². The molecule has 1 aromatic carbocycles. The Bertz CT molecular complexity index is 629. The van der Waals surface area contributed by atoms with E-state index in [9.17, 15) is 14.4 Å². The van der Waals surface area contributed by atoms with Gasteiger partial charge in [0.1, 0.15) is 12.1 Å². The number of amides is 3. The highest BCUT2D eigenvalue weighted by molar-refractivity contribution is 6.35. The number of piperazine rings is 1. The zero-order valence-corrected chi connectivity index (χ0v) is 13.1. The molecule has 1 aliphatic heterocycles. The minimum Gasteiger partial charge on any atom is -0.319 e. The number of carbonyl (C=O) groups is 3. The van der Waals surface area contributed by atoms with Crippen LogP contribution in [-0.4, -0.2) is 34.7 Å². The van der Waals surface area contributed by atoms with E-state index in [0.29, 0.717) is 15.6 Å². The van der Waals surface area contributed by atoms with Crippen molar-refractivity contribution in [2.45, 2.75) is 25.8 Å². The summed E-state index contributed by atoms with van der Waals surface area (Å²) in [4.78, 5) is 37.0. The highest BCUT2D eigenvalue weighted by Crippen LogP contribution is 2.24. The summed E-state index contributed by atoms with van der Waals surface area (Å²) in [5.41, 5.74) is -0.482. The van der Waals surface area contributed by atoms with E-state index in [0.717, 1.165) is 0 Å². The van der Waals surface area contributed by atoms with Gasteiger partial charge in [0, 0.05) is 10.0 Å². The lowest BCUT2D eigenvalue weighted by atomic mass is 9.97. The summed E-state index contributed by atoms with van der Waals surface area (Å²) in [5.74, 6) is -1.32. The average Bonchev–Trinajstić information content (AvgIpc) is 2.37. The zero-order chi connectivity index (χ0) is 15.8. The topological polar surface area (TPSA) is 66.5 Å². The number of hydrogen-bond donors (Lipinski definition) is 1. The highest BCUT2D eigenvalue weighted by Gasteiger charge is 2.43. The van der Waals surface area contributed by atoms with Gasteiger partial charge in [-0.05, 0) is 31.5 Å². The predicted molar refractivity (Wildman–Crippen MR) is 79.1 cm³/mol. The second kappa shape index (κ2) is 5.66. The van der Waals surface area contributed by atoms with Crippen molar-refractivity contribution in [3.05, 3.63) is 33.8 Å². The summed E-state index contributed by atoms with van der Waals surface area (Å²) in [5, 5.41) is 3.07. The van der Waals surface area contributed by atoms with E-state index in [2.05, 4.69) is 5.32 Å². The van der Waals surface area contributed by atoms with Crippen LogP contribution in [0.15, 0.2) is 18.2 Å². The molecule has 0 spiro atoms. The molecule has 1 aromatic rings. The molecule has 21 heavy (non-hydrogen) atoms. The predicted octanol–water partition coefficient (Wildman–Crippen LogP) is 1.80. The Hall–Kier alpha value is -1.59.